The van der Waals surface area contributed by atoms with Gasteiger partial charge in [0.2, 0.25) is 0 Å². The number of nitrogens with zero attached hydrogens (tertiary/aromatic N) is 4. The molecular weight excluding hydrogens is 324 g/mol. The summed E-state index contributed by atoms with van der Waals surface area (Å²) in [6.45, 7) is 2.88. The van der Waals surface area contributed by atoms with Gasteiger partial charge in [0.15, 0.2) is 5.82 Å². The van der Waals surface area contributed by atoms with E-state index in [1.807, 2.05) is 17.8 Å². The largest absolute Gasteiger partial charge is 0.272 e. The normalized spacial score (nSPS) is 10.6. The van der Waals surface area contributed by atoms with Crippen molar-refractivity contribution in [1.29, 1.82) is 0 Å². The third kappa shape index (κ3) is 2.43. The minimum Gasteiger partial charge on any atom is -0.272 e. The summed E-state index contributed by atoms with van der Waals surface area (Å²) in [5.74, 6) is 0.663. The van der Waals surface area contributed by atoms with Gasteiger partial charge in [-0.05, 0) is 38.8 Å². The molecule has 0 spiro atoms. The Bertz CT molecular complexity index is 460. The Hall–Kier alpha value is -0.750. The van der Waals surface area contributed by atoms with Crippen LogP contribution in [0.15, 0.2) is 27.7 Å². The smallest absolute Gasteiger partial charge is 0.164 e. The van der Waals surface area contributed by atoms with Gasteiger partial charge in [-0.25, -0.2) is 9.97 Å². The van der Waals surface area contributed by atoms with Gasteiger partial charge in [-0.3, -0.25) is 4.68 Å². The molecule has 2 rings (SSSR count). The van der Waals surface area contributed by atoms with Gasteiger partial charge < -0.3 is 0 Å². The van der Waals surface area contributed by atoms with E-state index in [4.69, 9.17) is 0 Å². The molecule has 0 N–H and O–H groups in total. The topological polar surface area (TPSA) is 43.6 Å². The number of aryl methyl sites for hydroxylation is 1. The van der Waals surface area contributed by atoms with Crippen molar-refractivity contribution in [3.8, 4) is 11.4 Å². The molecule has 78 valence electrons. The molecule has 0 amide bonds. The van der Waals surface area contributed by atoms with Crippen LogP contribution in [0.2, 0.25) is 0 Å². The fourth-order valence-corrected chi connectivity index (χ4v) is 2.25. The van der Waals surface area contributed by atoms with Gasteiger partial charge in [0.1, 0.15) is 9.21 Å². The molecule has 0 atom stereocenters. The number of rotatable bonds is 2. The fraction of sp³-hybridized carbons (Fsp3) is 0.222. The molecule has 0 fully saturated rings. The molecule has 0 aliphatic carbocycles. The summed E-state index contributed by atoms with van der Waals surface area (Å²) in [5.41, 5.74) is 0.916. The number of aromatic nitrogens is 4. The predicted octanol–water partition coefficient (Wildman–Crippen LogP) is 2.89. The van der Waals surface area contributed by atoms with Crippen LogP contribution >= 0.6 is 31.9 Å². The molecule has 2 heterocycles. The molecule has 0 saturated carbocycles. The van der Waals surface area contributed by atoms with E-state index < -0.39 is 0 Å². The highest BCUT2D eigenvalue weighted by Gasteiger charge is 2.06. The van der Waals surface area contributed by atoms with Crippen molar-refractivity contribution in [3.63, 3.8) is 0 Å². The first-order valence-corrected chi connectivity index (χ1v) is 6.00. The number of hydrogen-bond acceptors (Lipinski definition) is 3. The highest BCUT2D eigenvalue weighted by atomic mass is 79.9. The summed E-state index contributed by atoms with van der Waals surface area (Å²) in [6, 6.07) is 1.80. The zero-order valence-electron chi connectivity index (χ0n) is 7.98. The molecule has 0 unspecified atom stereocenters. The van der Waals surface area contributed by atoms with Gasteiger partial charge in [0, 0.05) is 18.8 Å². The third-order valence-electron chi connectivity index (χ3n) is 1.88. The Labute approximate surface area is 104 Å². The Balaban J connectivity index is 2.44. The van der Waals surface area contributed by atoms with Crippen molar-refractivity contribution < 1.29 is 0 Å². The standard InChI is InChI=1S/C9H8Br2N4/c1-2-15-5-6(4-12-15)9-13-7(10)3-8(11)14-9/h3-5H,2H2,1H3. The summed E-state index contributed by atoms with van der Waals surface area (Å²) in [6.07, 6.45) is 3.69. The highest BCUT2D eigenvalue weighted by molar-refractivity contribution is 9.11. The second-order valence-corrected chi connectivity index (χ2v) is 4.55. The molecule has 2 aromatic heterocycles. The van der Waals surface area contributed by atoms with Crippen LogP contribution < -0.4 is 0 Å². The summed E-state index contributed by atoms with van der Waals surface area (Å²) in [5, 5.41) is 4.18. The predicted molar refractivity (Wildman–Crippen MR) is 64.3 cm³/mol. The molecule has 0 bridgehead atoms. The van der Waals surface area contributed by atoms with Crippen LogP contribution in [0.5, 0.6) is 0 Å². The maximum Gasteiger partial charge on any atom is 0.164 e. The molecular formula is C9H8Br2N4. The lowest BCUT2D eigenvalue weighted by molar-refractivity contribution is 0.660. The Kier molecular flexibility index (Phi) is 3.16. The van der Waals surface area contributed by atoms with E-state index in [1.54, 1.807) is 12.3 Å². The molecule has 0 saturated heterocycles. The fourth-order valence-electron chi connectivity index (χ4n) is 1.17. The van der Waals surface area contributed by atoms with Crippen molar-refractivity contribution in [2.24, 2.45) is 0 Å². The van der Waals surface area contributed by atoms with Crippen molar-refractivity contribution in [2.75, 3.05) is 0 Å². The van der Waals surface area contributed by atoms with E-state index in [2.05, 4.69) is 46.9 Å². The van der Waals surface area contributed by atoms with Crippen molar-refractivity contribution in [1.82, 2.24) is 19.7 Å². The third-order valence-corrected chi connectivity index (χ3v) is 2.69. The van der Waals surface area contributed by atoms with E-state index in [-0.39, 0.29) is 0 Å². The molecule has 0 aliphatic heterocycles. The van der Waals surface area contributed by atoms with E-state index in [0.717, 1.165) is 21.3 Å². The second kappa shape index (κ2) is 4.40. The van der Waals surface area contributed by atoms with Crippen LogP contribution in [-0.4, -0.2) is 19.7 Å². The van der Waals surface area contributed by atoms with Gasteiger partial charge in [-0.15, -0.1) is 0 Å². The molecule has 2 aromatic rings. The maximum absolute atomic E-state index is 4.27. The van der Waals surface area contributed by atoms with Gasteiger partial charge in [0.25, 0.3) is 0 Å². The lowest BCUT2D eigenvalue weighted by Crippen LogP contribution is -1.92. The Morgan fingerprint density at radius 3 is 2.47 bits per heavy atom. The molecule has 15 heavy (non-hydrogen) atoms. The first-order valence-electron chi connectivity index (χ1n) is 4.42. The van der Waals surface area contributed by atoms with E-state index in [1.165, 1.54) is 0 Å². The molecule has 4 nitrogen and oxygen atoms in total. The van der Waals surface area contributed by atoms with E-state index in [0.29, 0.717) is 5.82 Å². The Morgan fingerprint density at radius 2 is 1.93 bits per heavy atom. The average Bonchev–Trinajstić information content (AvgIpc) is 2.64. The first kappa shape index (κ1) is 10.8. The quantitative estimate of drug-likeness (QED) is 0.795. The monoisotopic (exact) mass is 330 g/mol. The van der Waals surface area contributed by atoms with Crippen molar-refractivity contribution in [2.45, 2.75) is 13.5 Å². The van der Waals surface area contributed by atoms with Gasteiger partial charge in [0.05, 0.1) is 11.8 Å². The maximum atomic E-state index is 4.27. The zero-order valence-corrected chi connectivity index (χ0v) is 11.2. The first-order chi connectivity index (χ1) is 7.19. The van der Waals surface area contributed by atoms with Crippen LogP contribution in [0.1, 0.15) is 6.92 Å². The van der Waals surface area contributed by atoms with Crippen LogP contribution in [-0.2, 0) is 6.54 Å². The number of hydrogen-bond donors (Lipinski definition) is 0. The lowest BCUT2D eigenvalue weighted by atomic mass is 10.3. The van der Waals surface area contributed by atoms with Gasteiger partial charge in [-0.2, -0.15) is 5.10 Å². The minimum atomic E-state index is 0.663. The van der Waals surface area contributed by atoms with Crippen LogP contribution in [0.3, 0.4) is 0 Å². The van der Waals surface area contributed by atoms with Crippen LogP contribution in [0.25, 0.3) is 11.4 Å². The van der Waals surface area contributed by atoms with Gasteiger partial charge >= 0.3 is 0 Å². The highest BCUT2D eigenvalue weighted by Crippen LogP contribution is 2.20. The average molecular weight is 332 g/mol. The summed E-state index contributed by atoms with van der Waals surface area (Å²) in [7, 11) is 0. The summed E-state index contributed by atoms with van der Waals surface area (Å²) >= 11 is 6.65. The second-order valence-electron chi connectivity index (χ2n) is 2.92. The summed E-state index contributed by atoms with van der Waals surface area (Å²) < 4.78 is 3.35. The summed E-state index contributed by atoms with van der Waals surface area (Å²) in [4.78, 5) is 8.55. The SMILES string of the molecule is CCn1cc(-c2nc(Br)cc(Br)n2)cn1. The molecule has 6 heteroatoms. The van der Waals surface area contributed by atoms with Crippen molar-refractivity contribution in [3.05, 3.63) is 27.7 Å². The number of halogens is 2. The van der Waals surface area contributed by atoms with E-state index in [9.17, 15) is 0 Å². The van der Waals surface area contributed by atoms with Crippen molar-refractivity contribution >= 4 is 31.9 Å². The molecule has 0 radical (unpaired) electrons. The van der Waals surface area contributed by atoms with Crippen LogP contribution in [0.4, 0.5) is 0 Å². The minimum absolute atomic E-state index is 0.663. The van der Waals surface area contributed by atoms with E-state index >= 15 is 0 Å². The molecule has 0 aliphatic rings. The molecule has 0 aromatic carbocycles. The zero-order chi connectivity index (χ0) is 10.8. The lowest BCUT2D eigenvalue weighted by Gasteiger charge is -1.97. The van der Waals surface area contributed by atoms with Crippen LogP contribution in [0, 0.1) is 0 Å². The Morgan fingerprint density at radius 1 is 1.27 bits per heavy atom. The van der Waals surface area contributed by atoms with Gasteiger partial charge in [-0.1, -0.05) is 0 Å².